The van der Waals surface area contributed by atoms with Gasteiger partial charge in [-0.1, -0.05) is 65.8 Å². The van der Waals surface area contributed by atoms with Gasteiger partial charge in [-0.2, -0.15) is 0 Å². The van der Waals surface area contributed by atoms with Crippen molar-refractivity contribution in [1.29, 1.82) is 0 Å². The summed E-state index contributed by atoms with van der Waals surface area (Å²) in [6.45, 7) is 15.3. The number of nitrogens with one attached hydrogen (secondary N) is 1. The Hall–Kier alpha value is -0.820. The molecule has 0 radical (unpaired) electrons. The van der Waals surface area contributed by atoms with Gasteiger partial charge in [0.05, 0.1) is 0 Å². The van der Waals surface area contributed by atoms with Crippen molar-refractivity contribution in [2.75, 3.05) is 6.54 Å². The number of fused-ring (bicyclic) bond motifs is 1. The Morgan fingerprint density at radius 1 is 1.10 bits per heavy atom. The average Bonchev–Trinajstić information content (AvgIpc) is 2.41. The fourth-order valence-corrected chi connectivity index (χ4v) is 3.94. The van der Waals surface area contributed by atoms with Gasteiger partial charge in [-0.25, -0.2) is 0 Å². The third kappa shape index (κ3) is 3.69. The monoisotopic (exact) mass is 287 g/mol. The van der Waals surface area contributed by atoms with Crippen LogP contribution in [-0.2, 0) is 5.41 Å². The van der Waals surface area contributed by atoms with E-state index in [9.17, 15) is 0 Å². The van der Waals surface area contributed by atoms with Crippen LogP contribution in [0.1, 0.15) is 71.6 Å². The van der Waals surface area contributed by atoms with Crippen LogP contribution in [0.25, 0.3) is 0 Å². The summed E-state index contributed by atoms with van der Waals surface area (Å²) in [7, 11) is 0. The van der Waals surface area contributed by atoms with E-state index >= 15 is 0 Å². The van der Waals surface area contributed by atoms with Crippen molar-refractivity contribution >= 4 is 0 Å². The summed E-state index contributed by atoms with van der Waals surface area (Å²) < 4.78 is 0. The molecule has 21 heavy (non-hydrogen) atoms. The standard InChI is InChI=1S/C20H33N/c1-14(2)17(15(3)4)13-21-19-11-12-20(5,6)18-10-8-7-9-16(18)19/h7-10,14-15,17,19,21H,11-13H2,1-6H3. The van der Waals surface area contributed by atoms with E-state index in [1.165, 1.54) is 18.4 Å². The van der Waals surface area contributed by atoms with Gasteiger partial charge in [-0.15, -0.1) is 0 Å². The lowest BCUT2D eigenvalue weighted by Crippen LogP contribution is -2.37. The third-order valence-electron chi connectivity index (χ3n) is 5.44. The van der Waals surface area contributed by atoms with Crippen molar-refractivity contribution in [3.8, 4) is 0 Å². The molecule has 118 valence electrons. The number of rotatable bonds is 5. The molecule has 0 saturated heterocycles. The lowest BCUT2D eigenvalue weighted by atomic mass is 9.71. The Balaban J connectivity index is 2.12. The van der Waals surface area contributed by atoms with Crippen LogP contribution in [0, 0.1) is 17.8 Å². The Kier molecular flexibility index (Phi) is 5.14. The topological polar surface area (TPSA) is 12.0 Å². The molecule has 1 aromatic carbocycles. The molecule has 1 atom stereocenters. The number of hydrogen-bond donors (Lipinski definition) is 1. The highest BCUT2D eigenvalue weighted by Crippen LogP contribution is 2.41. The van der Waals surface area contributed by atoms with E-state index in [1.807, 2.05) is 0 Å². The van der Waals surface area contributed by atoms with Crippen molar-refractivity contribution in [2.45, 2.75) is 65.8 Å². The SMILES string of the molecule is CC(C)C(CNC1CCC(C)(C)c2ccccc21)C(C)C. The maximum absolute atomic E-state index is 3.88. The molecular weight excluding hydrogens is 254 g/mol. The molecule has 0 spiro atoms. The summed E-state index contributed by atoms with van der Waals surface area (Å²) in [6, 6.07) is 9.57. The second-order valence-corrected chi connectivity index (χ2v) is 8.12. The van der Waals surface area contributed by atoms with Gasteiger partial charge < -0.3 is 5.32 Å². The predicted octanol–water partition coefficient (Wildman–Crippen LogP) is 5.32. The molecule has 1 N–H and O–H groups in total. The molecule has 0 saturated carbocycles. The van der Waals surface area contributed by atoms with Crippen LogP contribution in [0.15, 0.2) is 24.3 Å². The highest BCUT2D eigenvalue weighted by Gasteiger charge is 2.32. The summed E-state index contributed by atoms with van der Waals surface area (Å²) in [5, 5.41) is 3.88. The lowest BCUT2D eigenvalue weighted by Gasteiger charge is -2.38. The summed E-state index contributed by atoms with van der Waals surface area (Å²) in [6.07, 6.45) is 2.53. The van der Waals surface area contributed by atoms with Crippen molar-refractivity contribution in [1.82, 2.24) is 5.32 Å². The summed E-state index contributed by atoms with van der Waals surface area (Å²) in [5.74, 6) is 2.24. The van der Waals surface area contributed by atoms with Gasteiger partial charge in [0.25, 0.3) is 0 Å². The van der Waals surface area contributed by atoms with E-state index in [4.69, 9.17) is 0 Å². The van der Waals surface area contributed by atoms with Crippen LogP contribution in [0.2, 0.25) is 0 Å². The second-order valence-electron chi connectivity index (χ2n) is 8.12. The van der Waals surface area contributed by atoms with E-state index in [1.54, 1.807) is 5.56 Å². The highest BCUT2D eigenvalue weighted by atomic mass is 14.9. The first-order chi connectivity index (χ1) is 9.83. The molecule has 2 rings (SSSR count). The fraction of sp³-hybridized carbons (Fsp3) is 0.700. The van der Waals surface area contributed by atoms with Crippen molar-refractivity contribution < 1.29 is 0 Å². The van der Waals surface area contributed by atoms with Crippen molar-refractivity contribution in [3.63, 3.8) is 0 Å². The zero-order valence-electron chi connectivity index (χ0n) is 14.7. The van der Waals surface area contributed by atoms with Crippen LogP contribution in [0.5, 0.6) is 0 Å². The zero-order valence-corrected chi connectivity index (χ0v) is 14.7. The number of hydrogen-bond acceptors (Lipinski definition) is 1. The van der Waals surface area contributed by atoms with E-state index in [2.05, 4.69) is 71.1 Å². The molecular formula is C20H33N. The maximum atomic E-state index is 3.88. The van der Waals surface area contributed by atoms with E-state index in [0.29, 0.717) is 11.5 Å². The molecule has 0 heterocycles. The van der Waals surface area contributed by atoms with Crippen LogP contribution < -0.4 is 5.32 Å². The van der Waals surface area contributed by atoms with Crippen LogP contribution >= 0.6 is 0 Å². The van der Waals surface area contributed by atoms with Crippen LogP contribution in [0.4, 0.5) is 0 Å². The zero-order chi connectivity index (χ0) is 15.6. The first-order valence-corrected chi connectivity index (χ1v) is 8.65. The highest BCUT2D eigenvalue weighted by molar-refractivity contribution is 5.38. The van der Waals surface area contributed by atoms with E-state index < -0.39 is 0 Å². The van der Waals surface area contributed by atoms with Gasteiger partial charge in [0.2, 0.25) is 0 Å². The average molecular weight is 287 g/mol. The molecule has 1 aromatic rings. The minimum absolute atomic E-state index is 0.324. The molecule has 0 aliphatic heterocycles. The number of benzene rings is 1. The summed E-state index contributed by atoms with van der Waals surface area (Å²) in [5.41, 5.74) is 3.39. The third-order valence-corrected chi connectivity index (χ3v) is 5.44. The molecule has 1 heteroatoms. The van der Waals surface area contributed by atoms with Gasteiger partial charge in [0, 0.05) is 6.04 Å². The fourth-order valence-electron chi connectivity index (χ4n) is 3.94. The molecule has 1 aliphatic rings. The van der Waals surface area contributed by atoms with Crippen LogP contribution in [-0.4, -0.2) is 6.54 Å². The van der Waals surface area contributed by atoms with Gasteiger partial charge in [0.1, 0.15) is 0 Å². The predicted molar refractivity (Wildman–Crippen MR) is 92.6 cm³/mol. The normalized spacial score (nSPS) is 21.1. The van der Waals surface area contributed by atoms with Gasteiger partial charge >= 0.3 is 0 Å². The van der Waals surface area contributed by atoms with Gasteiger partial charge in [-0.05, 0) is 53.7 Å². The summed E-state index contributed by atoms with van der Waals surface area (Å²) in [4.78, 5) is 0. The Labute approximate surface area is 131 Å². The second kappa shape index (κ2) is 6.52. The Bertz CT molecular complexity index is 451. The lowest BCUT2D eigenvalue weighted by molar-refractivity contribution is 0.253. The molecule has 0 aromatic heterocycles. The minimum atomic E-state index is 0.324. The summed E-state index contributed by atoms with van der Waals surface area (Å²) >= 11 is 0. The van der Waals surface area contributed by atoms with Gasteiger partial charge in [-0.3, -0.25) is 0 Å². The maximum Gasteiger partial charge on any atom is 0.0323 e. The first kappa shape index (κ1) is 16.5. The smallest absolute Gasteiger partial charge is 0.0323 e. The van der Waals surface area contributed by atoms with Gasteiger partial charge in [0.15, 0.2) is 0 Å². The first-order valence-electron chi connectivity index (χ1n) is 8.65. The minimum Gasteiger partial charge on any atom is -0.310 e. The molecule has 1 nitrogen and oxygen atoms in total. The van der Waals surface area contributed by atoms with E-state index in [0.717, 1.165) is 24.3 Å². The molecule has 1 unspecified atom stereocenters. The Morgan fingerprint density at radius 2 is 1.71 bits per heavy atom. The van der Waals surface area contributed by atoms with Crippen molar-refractivity contribution in [2.24, 2.45) is 17.8 Å². The van der Waals surface area contributed by atoms with Crippen LogP contribution in [0.3, 0.4) is 0 Å². The van der Waals surface area contributed by atoms with E-state index in [-0.39, 0.29) is 0 Å². The molecule has 0 bridgehead atoms. The largest absolute Gasteiger partial charge is 0.310 e. The molecule has 0 amide bonds. The molecule has 0 fully saturated rings. The Morgan fingerprint density at radius 3 is 2.33 bits per heavy atom. The quantitative estimate of drug-likeness (QED) is 0.773. The molecule has 1 aliphatic carbocycles. The van der Waals surface area contributed by atoms with Crippen molar-refractivity contribution in [3.05, 3.63) is 35.4 Å².